The van der Waals surface area contributed by atoms with Crippen LogP contribution in [0.1, 0.15) is 54.1 Å². The van der Waals surface area contributed by atoms with Crippen LogP contribution in [0.4, 0.5) is 0 Å². The van der Waals surface area contributed by atoms with E-state index in [9.17, 15) is 0 Å². The number of para-hydroxylation sites is 1. The van der Waals surface area contributed by atoms with Crippen molar-refractivity contribution in [2.45, 2.75) is 51.4 Å². The van der Waals surface area contributed by atoms with Crippen molar-refractivity contribution in [1.29, 1.82) is 0 Å². The molecule has 4 nitrogen and oxygen atoms in total. The van der Waals surface area contributed by atoms with Gasteiger partial charge in [-0.1, -0.05) is 49.9 Å². The Hall–Kier alpha value is -2.53. The Bertz CT molecular complexity index is 1100. The van der Waals surface area contributed by atoms with Crippen LogP contribution in [0.25, 0.3) is 5.69 Å². The minimum Gasteiger partial charge on any atom is -0.341 e. The summed E-state index contributed by atoms with van der Waals surface area (Å²) in [5.41, 5.74) is 7.66. The molecule has 4 heterocycles. The number of aliphatic imine (C=N–C) groups is 1. The number of fused-ring (bicyclic) bond motifs is 1. The smallest absolute Gasteiger partial charge is 0.160 e. The Balaban J connectivity index is 1.64. The molecule has 0 saturated carbocycles. The van der Waals surface area contributed by atoms with E-state index in [0.29, 0.717) is 5.25 Å². The van der Waals surface area contributed by atoms with Gasteiger partial charge in [0.05, 0.1) is 11.7 Å². The van der Waals surface area contributed by atoms with Gasteiger partial charge in [0.25, 0.3) is 0 Å². The number of thioether (sulfide) groups is 1. The second-order valence-electron chi connectivity index (χ2n) is 8.28. The highest BCUT2D eigenvalue weighted by atomic mass is 32.2. The van der Waals surface area contributed by atoms with Crippen LogP contribution in [-0.4, -0.2) is 31.4 Å². The van der Waals surface area contributed by atoms with Gasteiger partial charge in [-0.2, -0.15) is 0 Å². The van der Waals surface area contributed by atoms with Crippen LogP contribution in [-0.2, 0) is 6.42 Å². The number of rotatable bonds is 4. The Kier molecular flexibility index (Phi) is 4.94. The summed E-state index contributed by atoms with van der Waals surface area (Å²) in [6.45, 7) is 10.0. The lowest BCUT2D eigenvalue weighted by atomic mass is 9.96. The number of nitrogens with zero attached hydrogens (tertiary/aromatic N) is 4. The molecule has 0 aliphatic carbocycles. The largest absolute Gasteiger partial charge is 0.341 e. The molecule has 0 radical (unpaired) electrons. The molecule has 30 heavy (non-hydrogen) atoms. The van der Waals surface area contributed by atoms with E-state index < -0.39 is 0 Å². The summed E-state index contributed by atoms with van der Waals surface area (Å²) in [7, 11) is 0. The molecule has 0 spiro atoms. The second kappa shape index (κ2) is 7.62. The maximum Gasteiger partial charge on any atom is 0.160 e. The fourth-order valence-corrected chi connectivity index (χ4v) is 6.03. The van der Waals surface area contributed by atoms with Gasteiger partial charge in [0.1, 0.15) is 6.04 Å². The monoisotopic (exact) mass is 416 g/mol. The Labute approximate surface area is 183 Å². The van der Waals surface area contributed by atoms with E-state index in [1.54, 1.807) is 0 Å². The summed E-state index contributed by atoms with van der Waals surface area (Å²) < 4.78 is 2.42. The SMILES string of the molecule is CCc1ccccc1-n1c(C)cc([C@H]2[C@H](c3ccccn3)N=C3S[C@@H](C)CN32)c1C. The lowest BCUT2D eigenvalue weighted by molar-refractivity contribution is 0.320. The number of hydrogen-bond acceptors (Lipinski definition) is 4. The first-order valence-corrected chi connectivity index (χ1v) is 11.7. The summed E-state index contributed by atoms with van der Waals surface area (Å²) in [5, 5.41) is 1.74. The zero-order valence-electron chi connectivity index (χ0n) is 18.0. The van der Waals surface area contributed by atoms with Crippen LogP contribution >= 0.6 is 11.8 Å². The van der Waals surface area contributed by atoms with Crippen molar-refractivity contribution in [3.63, 3.8) is 0 Å². The molecule has 3 atom stereocenters. The average Bonchev–Trinajstić information content (AvgIpc) is 3.38. The Morgan fingerprint density at radius 2 is 1.90 bits per heavy atom. The quantitative estimate of drug-likeness (QED) is 0.552. The van der Waals surface area contributed by atoms with Crippen molar-refractivity contribution in [3.8, 4) is 5.69 Å². The van der Waals surface area contributed by atoms with E-state index in [1.165, 1.54) is 33.4 Å². The molecule has 5 heteroatoms. The summed E-state index contributed by atoms with van der Waals surface area (Å²) >= 11 is 1.89. The number of amidine groups is 1. The molecule has 154 valence electrons. The first-order chi connectivity index (χ1) is 14.6. The van der Waals surface area contributed by atoms with E-state index in [-0.39, 0.29) is 12.1 Å². The van der Waals surface area contributed by atoms with Gasteiger partial charge < -0.3 is 9.47 Å². The number of aromatic nitrogens is 2. The first kappa shape index (κ1) is 19.4. The van der Waals surface area contributed by atoms with Gasteiger partial charge in [-0.3, -0.25) is 9.98 Å². The zero-order chi connectivity index (χ0) is 20.8. The molecule has 3 aromatic rings. The average molecular weight is 417 g/mol. The number of hydrogen-bond donors (Lipinski definition) is 0. The molecular weight excluding hydrogens is 388 g/mol. The summed E-state index contributed by atoms with van der Waals surface area (Å²) in [6.07, 6.45) is 2.91. The van der Waals surface area contributed by atoms with Crippen molar-refractivity contribution in [2.24, 2.45) is 4.99 Å². The molecule has 5 rings (SSSR count). The molecule has 1 fully saturated rings. The van der Waals surface area contributed by atoms with Crippen molar-refractivity contribution in [1.82, 2.24) is 14.5 Å². The lowest BCUT2D eigenvalue weighted by Gasteiger charge is -2.27. The highest BCUT2D eigenvalue weighted by Crippen LogP contribution is 2.49. The van der Waals surface area contributed by atoms with Gasteiger partial charge in [0.2, 0.25) is 0 Å². The fourth-order valence-electron chi connectivity index (χ4n) is 4.94. The molecule has 2 aliphatic heterocycles. The standard InChI is InChI=1S/C25H28N4S/c1-5-19-10-6-7-12-22(19)29-16(2)14-20(18(29)4)24-23(21-11-8-9-13-26-21)27-25-28(24)15-17(3)30-25/h6-14,17,23-24H,5,15H2,1-4H3/t17-,23-,24-/m0/s1. The Morgan fingerprint density at radius 3 is 2.67 bits per heavy atom. The van der Waals surface area contributed by atoms with Crippen LogP contribution in [0.3, 0.4) is 0 Å². The topological polar surface area (TPSA) is 33.4 Å². The summed E-state index contributed by atoms with van der Waals surface area (Å²) in [6, 6.07) is 17.5. The number of pyridine rings is 1. The van der Waals surface area contributed by atoms with E-state index in [1.807, 2.05) is 24.0 Å². The Morgan fingerprint density at radius 1 is 1.10 bits per heavy atom. The van der Waals surface area contributed by atoms with Crippen LogP contribution < -0.4 is 0 Å². The molecule has 2 aromatic heterocycles. The minimum atomic E-state index is 0.0385. The first-order valence-electron chi connectivity index (χ1n) is 10.8. The predicted octanol–water partition coefficient (Wildman–Crippen LogP) is 5.64. The fraction of sp³-hybridized carbons (Fsp3) is 0.360. The number of benzene rings is 1. The molecule has 0 unspecified atom stereocenters. The van der Waals surface area contributed by atoms with Crippen LogP contribution in [0.5, 0.6) is 0 Å². The molecule has 0 amide bonds. The minimum absolute atomic E-state index is 0.0385. The van der Waals surface area contributed by atoms with Crippen LogP contribution in [0, 0.1) is 13.8 Å². The molecular formula is C25H28N4S. The highest BCUT2D eigenvalue weighted by molar-refractivity contribution is 8.14. The lowest BCUT2D eigenvalue weighted by Crippen LogP contribution is -2.29. The van der Waals surface area contributed by atoms with Gasteiger partial charge in [0.15, 0.2) is 5.17 Å². The predicted molar refractivity (Wildman–Crippen MR) is 126 cm³/mol. The maximum absolute atomic E-state index is 5.15. The van der Waals surface area contributed by atoms with Gasteiger partial charge >= 0.3 is 0 Å². The third-order valence-corrected chi connectivity index (χ3v) is 7.39. The number of aryl methyl sites for hydroxylation is 2. The molecule has 0 N–H and O–H groups in total. The molecule has 0 bridgehead atoms. The zero-order valence-corrected chi connectivity index (χ0v) is 18.9. The normalized spacial score (nSPS) is 23.0. The van der Waals surface area contributed by atoms with Gasteiger partial charge in [-0.15, -0.1) is 0 Å². The van der Waals surface area contributed by atoms with E-state index in [0.717, 1.165) is 18.7 Å². The molecule has 1 saturated heterocycles. The molecule has 1 aromatic carbocycles. The van der Waals surface area contributed by atoms with Gasteiger partial charge in [0, 0.05) is 35.1 Å². The van der Waals surface area contributed by atoms with E-state index >= 15 is 0 Å². The third-order valence-electron chi connectivity index (χ3n) is 6.28. The highest BCUT2D eigenvalue weighted by Gasteiger charge is 2.44. The molecule has 2 aliphatic rings. The van der Waals surface area contributed by atoms with Crippen molar-refractivity contribution < 1.29 is 0 Å². The second-order valence-corrected chi connectivity index (χ2v) is 9.69. The van der Waals surface area contributed by atoms with Gasteiger partial charge in [-0.05, 0) is 55.7 Å². The third kappa shape index (κ3) is 3.07. The van der Waals surface area contributed by atoms with Gasteiger partial charge in [-0.25, -0.2) is 0 Å². The van der Waals surface area contributed by atoms with Crippen LogP contribution in [0.2, 0.25) is 0 Å². The summed E-state index contributed by atoms with van der Waals surface area (Å²) in [5.74, 6) is 0. The van der Waals surface area contributed by atoms with Crippen molar-refractivity contribution in [2.75, 3.05) is 6.54 Å². The van der Waals surface area contributed by atoms with Crippen molar-refractivity contribution >= 4 is 16.9 Å². The van der Waals surface area contributed by atoms with E-state index in [2.05, 4.69) is 84.6 Å². The summed E-state index contributed by atoms with van der Waals surface area (Å²) in [4.78, 5) is 12.3. The maximum atomic E-state index is 5.15. The van der Waals surface area contributed by atoms with Crippen LogP contribution in [0.15, 0.2) is 59.7 Å². The van der Waals surface area contributed by atoms with Crippen molar-refractivity contribution in [3.05, 3.63) is 82.9 Å². The van der Waals surface area contributed by atoms with E-state index in [4.69, 9.17) is 4.99 Å².